The Labute approximate surface area is 138 Å². The number of ether oxygens (including phenoxy) is 1. The van der Waals surface area contributed by atoms with Crippen LogP contribution in [0.15, 0.2) is 24.3 Å². The SMILES string of the molecule is Cl.O=C(Nc1cccc(OC2CCCC2)c1)C1CCCNC1. The van der Waals surface area contributed by atoms with E-state index in [-0.39, 0.29) is 24.2 Å². The number of halogens is 1. The predicted molar refractivity (Wildman–Crippen MR) is 90.8 cm³/mol. The lowest BCUT2D eigenvalue weighted by atomic mass is 9.99. The number of hydrogen-bond acceptors (Lipinski definition) is 3. The molecule has 0 bridgehead atoms. The van der Waals surface area contributed by atoms with Crippen molar-refractivity contribution in [3.8, 4) is 5.75 Å². The summed E-state index contributed by atoms with van der Waals surface area (Å²) in [6, 6.07) is 7.78. The topological polar surface area (TPSA) is 50.4 Å². The molecule has 1 heterocycles. The fourth-order valence-corrected chi connectivity index (χ4v) is 3.17. The van der Waals surface area contributed by atoms with Crippen LogP contribution in [0.2, 0.25) is 0 Å². The molecule has 1 saturated carbocycles. The molecule has 1 aromatic rings. The third-order valence-corrected chi connectivity index (χ3v) is 4.37. The largest absolute Gasteiger partial charge is 0.490 e. The number of amides is 1. The molecule has 0 radical (unpaired) electrons. The minimum atomic E-state index is 0. The monoisotopic (exact) mass is 324 g/mol. The molecule has 2 fully saturated rings. The summed E-state index contributed by atoms with van der Waals surface area (Å²) in [6.07, 6.45) is 7.19. The van der Waals surface area contributed by atoms with Gasteiger partial charge in [-0.1, -0.05) is 6.07 Å². The van der Waals surface area contributed by atoms with Crippen molar-refractivity contribution in [3.63, 3.8) is 0 Å². The molecule has 2 aliphatic rings. The maximum atomic E-state index is 12.2. The van der Waals surface area contributed by atoms with E-state index in [9.17, 15) is 4.79 Å². The molecule has 1 saturated heterocycles. The minimum absolute atomic E-state index is 0. The minimum Gasteiger partial charge on any atom is -0.490 e. The smallest absolute Gasteiger partial charge is 0.228 e. The van der Waals surface area contributed by atoms with Crippen LogP contribution in [0.3, 0.4) is 0 Å². The van der Waals surface area contributed by atoms with Crippen LogP contribution in [0.1, 0.15) is 38.5 Å². The van der Waals surface area contributed by atoms with Crippen LogP contribution in [0.4, 0.5) is 5.69 Å². The number of piperidine rings is 1. The third kappa shape index (κ3) is 4.62. The van der Waals surface area contributed by atoms with E-state index >= 15 is 0 Å². The van der Waals surface area contributed by atoms with Gasteiger partial charge in [-0.15, -0.1) is 12.4 Å². The lowest BCUT2D eigenvalue weighted by Gasteiger charge is -2.22. The molecule has 3 rings (SSSR count). The van der Waals surface area contributed by atoms with E-state index in [1.807, 2.05) is 24.3 Å². The molecular formula is C17H25ClN2O2. The molecule has 1 aromatic carbocycles. The van der Waals surface area contributed by atoms with Crippen LogP contribution in [-0.4, -0.2) is 25.1 Å². The summed E-state index contributed by atoms with van der Waals surface area (Å²) in [5, 5.41) is 6.29. The van der Waals surface area contributed by atoms with Gasteiger partial charge in [0.25, 0.3) is 0 Å². The van der Waals surface area contributed by atoms with Crippen molar-refractivity contribution in [1.82, 2.24) is 5.32 Å². The molecule has 1 aliphatic carbocycles. The molecule has 1 atom stereocenters. The van der Waals surface area contributed by atoms with Gasteiger partial charge in [-0.05, 0) is 57.2 Å². The first-order valence-electron chi connectivity index (χ1n) is 8.09. The van der Waals surface area contributed by atoms with E-state index in [1.54, 1.807) is 0 Å². The van der Waals surface area contributed by atoms with Gasteiger partial charge < -0.3 is 15.4 Å². The number of anilines is 1. The maximum Gasteiger partial charge on any atom is 0.228 e. The number of carbonyl (C=O) groups excluding carboxylic acids is 1. The van der Waals surface area contributed by atoms with E-state index in [2.05, 4.69) is 10.6 Å². The number of nitrogens with one attached hydrogen (secondary N) is 2. The van der Waals surface area contributed by atoms with E-state index in [4.69, 9.17) is 4.74 Å². The quantitative estimate of drug-likeness (QED) is 0.892. The molecule has 1 unspecified atom stereocenters. The lowest BCUT2D eigenvalue weighted by Crippen LogP contribution is -2.37. The maximum absolute atomic E-state index is 12.2. The van der Waals surface area contributed by atoms with Crippen molar-refractivity contribution < 1.29 is 9.53 Å². The van der Waals surface area contributed by atoms with Crippen molar-refractivity contribution in [2.75, 3.05) is 18.4 Å². The first kappa shape index (κ1) is 17.1. The van der Waals surface area contributed by atoms with Gasteiger partial charge in [0.2, 0.25) is 5.91 Å². The van der Waals surface area contributed by atoms with E-state index < -0.39 is 0 Å². The average Bonchev–Trinajstić information content (AvgIpc) is 3.01. The van der Waals surface area contributed by atoms with Crippen molar-refractivity contribution in [3.05, 3.63) is 24.3 Å². The zero-order valence-corrected chi connectivity index (χ0v) is 13.7. The zero-order chi connectivity index (χ0) is 14.5. The summed E-state index contributed by atoms with van der Waals surface area (Å²) in [7, 11) is 0. The Morgan fingerprint density at radius 2 is 2.00 bits per heavy atom. The van der Waals surface area contributed by atoms with Crippen molar-refractivity contribution in [2.45, 2.75) is 44.6 Å². The summed E-state index contributed by atoms with van der Waals surface area (Å²) in [5.74, 6) is 1.06. The van der Waals surface area contributed by atoms with Gasteiger partial charge in [-0.2, -0.15) is 0 Å². The number of benzene rings is 1. The van der Waals surface area contributed by atoms with Crippen LogP contribution in [-0.2, 0) is 4.79 Å². The molecule has 122 valence electrons. The van der Waals surface area contributed by atoms with Crippen molar-refractivity contribution in [1.29, 1.82) is 0 Å². The summed E-state index contributed by atoms with van der Waals surface area (Å²) < 4.78 is 5.98. The van der Waals surface area contributed by atoms with E-state index in [0.29, 0.717) is 6.10 Å². The third-order valence-electron chi connectivity index (χ3n) is 4.37. The standard InChI is InChI=1S/C17H24N2O2.ClH/c20-17(13-5-4-10-18-12-13)19-14-6-3-9-16(11-14)21-15-7-1-2-8-15;/h3,6,9,11,13,15,18H,1-2,4-5,7-8,10,12H2,(H,19,20);1H. The van der Waals surface area contributed by atoms with Crippen LogP contribution in [0.25, 0.3) is 0 Å². The number of rotatable bonds is 4. The second kappa shape index (κ2) is 8.39. The Hall–Kier alpha value is -1.26. The Balaban J connectivity index is 0.00000176. The molecule has 1 aliphatic heterocycles. The molecule has 2 N–H and O–H groups in total. The van der Waals surface area contributed by atoms with E-state index in [1.165, 1.54) is 12.8 Å². The van der Waals surface area contributed by atoms with Crippen molar-refractivity contribution >= 4 is 24.0 Å². The Morgan fingerprint density at radius 3 is 2.73 bits per heavy atom. The van der Waals surface area contributed by atoms with Crippen LogP contribution in [0, 0.1) is 5.92 Å². The molecule has 0 aromatic heterocycles. The molecule has 22 heavy (non-hydrogen) atoms. The molecule has 5 heteroatoms. The number of hydrogen-bond donors (Lipinski definition) is 2. The summed E-state index contributed by atoms with van der Waals surface area (Å²) in [6.45, 7) is 1.80. The average molecular weight is 325 g/mol. The molecule has 4 nitrogen and oxygen atoms in total. The van der Waals surface area contributed by atoms with Crippen LogP contribution < -0.4 is 15.4 Å². The van der Waals surface area contributed by atoms with Crippen LogP contribution in [0.5, 0.6) is 5.75 Å². The highest BCUT2D eigenvalue weighted by Gasteiger charge is 2.21. The van der Waals surface area contributed by atoms with Gasteiger partial charge in [-0.3, -0.25) is 4.79 Å². The molecular weight excluding hydrogens is 300 g/mol. The Bertz CT molecular complexity index is 483. The highest BCUT2D eigenvalue weighted by molar-refractivity contribution is 5.92. The Kier molecular flexibility index (Phi) is 6.52. The van der Waals surface area contributed by atoms with Crippen molar-refractivity contribution in [2.24, 2.45) is 5.92 Å². The van der Waals surface area contributed by atoms with Gasteiger partial charge in [0.05, 0.1) is 12.0 Å². The molecule has 1 amide bonds. The first-order chi connectivity index (χ1) is 10.3. The zero-order valence-electron chi connectivity index (χ0n) is 12.8. The fraction of sp³-hybridized carbons (Fsp3) is 0.588. The molecule has 0 spiro atoms. The van der Waals surface area contributed by atoms with Crippen LogP contribution >= 0.6 is 12.4 Å². The first-order valence-corrected chi connectivity index (χ1v) is 8.09. The highest BCUT2D eigenvalue weighted by atomic mass is 35.5. The van der Waals surface area contributed by atoms with E-state index in [0.717, 1.165) is 50.2 Å². The number of carbonyl (C=O) groups is 1. The summed E-state index contributed by atoms with van der Waals surface area (Å²) in [4.78, 5) is 12.2. The van der Waals surface area contributed by atoms with Gasteiger partial charge >= 0.3 is 0 Å². The second-order valence-corrected chi connectivity index (χ2v) is 6.08. The predicted octanol–water partition coefficient (Wildman–Crippen LogP) is 3.37. The highest BCUT2D eigenvalue weighted by Crippen LogP contribution is 2.26. The fourth-order valence-electron chi connectivity index (χ4n) is 3.17. The Morgan fingerprint density at radius 1 is 1.18 bits per heavy atom. The summed E-state index contributed by atoms with van der Waals surface area (Å²) in [5.41, 5.74) is 0.834. The normalized spacial score (nSPS) is 21.9. The lowest BCUT2D eigenvalue weighted by molar-refractivity contribution is -0.120. The van der Waals surface area contributed by atoms with Gasteiger partial charge in [-0.25, -0.2) is 0 Å². The summed E-state index contributed by atoms with van der Waals surface area (Å²) >= 11 is 0. The van der Waals surface area contributed by atoms with Gasteiger partial charge in [0.1, 0.15) is 5.75 Å². The van der Waals surface area contributed by atoms with Gasteiger partial charge in [0.15, 0.2) is 0 Å². The second-order valence-electron chi connectivity index (χ2n) is 6.08. The van der Waals surface area contributed by atoms with Gasteiger partial charge in [0, 0.05) is 18.3 Å².